The lowest BCUT2D eigenvalue weighted by Gasteiger charge is -2.19. The molecule has 4 heteroatoms. The van der Waals surface area contributed by atoms with Crippen LogP contribution in [0.25, 0.3) is 0 Å². The molecule has 1 aliphatic carbocycles. The number of ether oxygens (including phenoxy) is 1. The van der Waals surface area contributed by atoms with Crippen molar-refractivity contribution >= 4 is 5.97 Å². The Bertz CT molecular complexity index is 213. The monoisotopic (exact) mass is 243 g/mol. The van der Waals surface area contributed by atoms with Crippen LogP contribution >= 0.6 is 0 Å². The van der Waals surface area contributed by atoms with Gasteiger partial charge in [-0.05, 0) is 25.8 Å². The summed E-state index contributed by atoms with van der Waals surface area (Å²) in [7, 11) is 0. The van der Waals surface area contributed by atoms with Gasteiger partial charge in [0.25, 0.3) is 0 Å². The maximum absolute atomic E-state index is 11.0. The lowest BCUT2D eigenvalue weighted by Crippen LogP contribution is -2.41. The van der Waals surface area contributed by atoms with Gasteiger partial charge in [-0.15, -0.1) is 0 Å². The molecule has 1 unspecified atom stereocenters. The zero-order valence-corrected chi connectivity index (χ0v) is 10.8. The molecule has 17 heavy (non-hydrogen) atoms. The van der Waals surface area contributed by atoms with E-state index in [2.05, 4.69) is 5.32 Å². The third-order valence-electron chi connectivity index (χ3n) is 3.24. The van der Waals surface area contributed by atoms with Crippen LogP contribution < -0.4 is 5.32 Å². The number of hydrogen-bond donors (Lipinski definition) is 2. The summed E-state index contributed by atoms with van der Waals surface area (Å²) in [6.45, 7) is 3.04. The van der Waals surface area contributed by atoms with E-state index in [-0.39, 0.29) is 6.10 Å². The van der Waals surface area contributed by atoms with Gasteiger partial charge in [-0.1, -0.05) is 32.6 Å². The lowest BCUT2D eigenvalue weighted by molar-refractivity contribution is -0.141. The van der Waals surface area contributed by atoms with Crippen LogP contribution in [-0.2, 0) is 9.53 Å². The largest absolute Gasteiger partial charge is 0.480 e. The smallest absolute Gasteiger partial charge is 0.323 e. The Morgan fingerprint density at radius 1 is 1.35 bits per heavy atom. The summed E-state index contributed by atoms with van der Waals surface area (Å²) in [6.07, 6.45) is 8.37. The maximum atomic E-state index is 11.0. The summed E-state index contributed by atoms with van der Waals surface area (Å²) in [5.41, 5.74) is 0. The lowest BCUT2D eigenvalue weighted by atomic mass is 10.1. The van der Waals surface area contributed by atoms with E-state index in [1.54, 1.807) is 0 Å². The standard InChI is InChI=1S/C13H25NO3/c1-2-9-14-12(13(15)16)10-17-11-7-5-3-4-6-8-11/h11-12,14H,2-10H2,1H3,(H,15,16). The molecule has 100 valence electrons. The van der Waals surface area contributed by atoms with Gasteiger partial charge in [0.05, 0.1) is 12.7 Å². The predicted molar refractivity (Wildman–Crippen MR) is 67.2 cm³/mol. The van der Waals surface area contributed by atoms with Gasteiger partial charge < -0.3 is 15.2 Å². The van der Waals surface area contributed by atoms with Crippen molar-refractivity contribution in [3.63, 3.8) is 0 Å². The average Bonchev–Trinajstić information content (AvgIpc) is 2.57. The summed E-state index contributed by atoms with van der Waals surface area (Å²) in [5.74, 6) is -0.813. The Hall–Kier alpha value is -0.610. The number of carboxylic acid groups (broad SMARTS) is 1. The van der Waals surface area contributed by atoms with Crippen LogP contribution in [-0.4, -0.2) is 36.4 Å². The van der Waals surface area contributed by atoms with Gasteiger partial charge in [0.1, 0.15) is 6.04 Å². The fraction of sp³-hybridized carbons (Fsp3) is 0.923. The molecular formula is C13H25NO3. The number of aliphatic carboxylic acids is 1. The maximum Gasteiger partial charge on any atom is 0.323 e. The van der Waals surface area contributed by atoms with E-state index < -0.39 is 12.0 Å². The van der Waals surface area contributed by atoms with Crippen molar-refractivity contribution in [2.75, 3.05) is 13.2 Å². The Morgan fingerprint density at radius 3 is 2.53 bits per heavy atom. The molecule has 0 aromatic rings. The van der Waals surface area contributed by atoms with E-state index in [0.717, 1.165) is 25.8 Å². The fourth-order valence-corrected chi connectivity index (χ4v) is 2.18. The molecule has 0 heterocycles. The van der Waals surface area contributed by atoms with Crippen molar-refractivity contribution in [1.82, 2.24) is 5.32 Å². The van der Waals surface area contributed by atoms with Crippen LogP contribution in [0.15, 0.2) is 0 Å². The fourth-order valence-electron chi connectivity index (χ4n) is 2.18. The minimum atomic E-state index is -0.813. The second-order valence-electron chi connectivity index (χ2n) is 4.79. The van der Waals surface area contributed by atoms with E-state index in [4.69, 9.17) is 9.84 Å². The zero-order valence-electron chi connectivity index (χ0n) is 10.8. The highest BCUT2D eigenvalue weighted by atomic mass is 16.5. The summed E-state index contributed by atoms with van der Waals surface area (Å²) < 4.78 is 5.74. The Morgan fingerprint density at radius 2 is 2.00 bits per heavy atom. The van der Waals surface area contributed by atoms with Crippen molar-refractivity contribution in [3.8, 4) is 0 Å². The second-order valence-corrected chi connectivity index (χ2v) is 4.79. The Kier molecular flexibility index (Phi) is 7.21. The molecule has 0 saturated heterocycles. The number of hydrogen-bond acceptors (Lipinski definition) is 3. The molecule has 0 radical (unpaired) electrons. The Balaban J connectivity index is 2.26. The molecule has 0 amide bonds. The minimum Gasteiger partial charge on any atom is -0.480 e. The Labute approximate surface area is 104 Å². The molecule has 0 aromatic carbocycles. The molecule has 0 spiro atoms. The SMILES string of the molecule is CCCNC(COC1CCCCCC1)C(=O)O. The summed E-state index contributed by atoms with van der Waals surface area (Å²) in [5, 5.41) is 12.0. The minimum absolute atomic E-state index is 0.266. The summed E-state index contributed by atoms with van der Waals surface area (Å²) in [6, 6.07) is -0.557. The molecule has 1 fully saturated rings. The van der Waals surface area contributed by atoms with Crippen LogP contribution in [0.1, 0.15) is 51.9 Å². The van der Waals surface area contributed by atoms with Gasteiger partial charge in [0.2, 0.25) is 0 Å². The van der Waals surface area contributed by atoms with Gasteiger partial charge in [0.15, 0.2) is 0 Å². The quantitative estimate of drug-likeness (QED) is 0.673. The molecule has 1 aliphatic rings. The topological polar surface area (TPSA) is 58.6 Å². The molecular weight excluding hydrogens is 218 g/mol. The van der Waals surface area contributed by atoms with Gasteiger partial charge in [-0.3, -0.25) is 4.79 Å². The van der Waals surface area contributed by atoms with Crippen LogP contribution in [0, 0.1) is 0 Å². The summed E-state index contributed by atoms with van der Waals surface area (Å²) >= 11 is 0. The number of carbonyl (C=O) groups is 1. The van der Waals surface area contributed by atoms with E-state index in [1.165, 1.54) is 25.7 Å². The van der Waals surface area contributed by atoms with Crippen molar-refractivity contribution < 1.29 is 14.6 Å². The average molecular weight is 243 g/mol. The molecule has 1 atom stereocenters. The summed E-state index contributed by atoms with van der Waals surface area (Å²) in [4.78, 5) is 11.0. The highest BCUT2D eigenvalue weighted by Crippen LogP contribution is 2.19. The van der Waals surface area contributed by atoms with Gasteiger partial charge in [-0.2, -0.15) is 0 Å². The third-order valence-corrected chi connectivity index (χ3v) is 3.24. The second kappa shape index (κ2) is 8.48. The van der Waals surface area contributed by atoms with Crippen LogP contribution in [0.4, 0.5) is 0 Å². The molecule has 1 saturated carbocycles. The predicted octanol–water partition coefficient (Wildman–Crippen LogP) is 2.18. The number of rotatable bonds is 7. The van der Waals surface area contributed by atoms with Crippen molar-refractivity contribution in [3.05, 3.63) is 0 Å². The van der Waals surface area contributed by atoms with E-state index in [0.29, 0.717) is 6.61 Å². The van der Waals surface area contributed by atoms with Crippen molar-refractivity contribution in [2.45, 2.75) is 64.0 Å². The first kappa shape index (κ1) is 14.5. The van der Waals surface area contributed by atoms with Gasteiger partial charge in [-0.25, -0.2) is 0 Å². The first-order chi connectivity index (χ1) is 8.24. The highest BCUT2D eigenvalue weighted by Gasteiger charge is 2.19. The van der Waals surface area contributed by atoms with E-state index in [9.17, 15) is 4.79 Å². The van der Waals surface area contributed by atoms with Gasteiger partial charge in [0, 0.05) is 0 Å². The molecule has 0 aromatic heterocycles. The third kappa shape index (κ3) is 6.03. The van der Waals surface area contributed by atoms with Crippen LogP contribution in [0.3, 0.4) is 0 Å². The normalized spacial score (nSPS) is 19.8. The highest BCUT2D eigenvalue weighted by molar-refractivity contribution is 5.73. The molecule has 1 rings (SSSR count). The van der Waals surface area contributed by atoms with Crippen molar-refractivity contribution in [1.29, 1.82) is 0 Å². The van der Waals surface area contributed by atoms with E-state index >= 15 is 0 Å². The zero-order chi connectivity index (χ0) is 12.5. The number of carboxylic acids is 1. The molecule has 0 bridgehead atoms. The van der Waals surface area contributed by atoms with E-state index in [1.807, 2.05) is 6.92 Å². The van der Waals surface area contributed by atoms with Crippen molar-refractivity contribution in [2.24, 2.45) is 0 Å². The number of nitrogens with one attached hydrogen (secondary N) is 1. The first-order valence-electron chi connectivity index (χ1n) is 6.81. The molecule has 2 N–H and O–H groups in total. The van der Waals surface area contributed by atoms with Crippen LogP contribution in [0.2, 0.25) is 0 Å². The van der Waals surface area contributed by atoms with Gasteiger partial charge >= 0.3 is 5.97 Å². The first-order valence-corrected chi connectivity index (χ1v) is 6.81. The van der Waals surface area contributed by atoms with Crippen LogP contribution in [0.5, 0.6) is 0 Å². The molecule has 4 nitrogen and oxygen atoms in total. The molecule has 0 aliphatic heterocycles.